The molecule has 0 aliphatic carbocycles. The van der Waals surface area contributed by atoms with E-state index in [1.54, 1.807) is 17.0 Å². The molecule has 1 unspecified atom stereocenters. The van der Waals surface area contributed by atoms with Crippen molar-refractivity contribution in [3.05, 3.63) is 71.0 Å². The number of carbonyl (C=O) groups is 2. The first-order valence-electron chi connectivity index (χ1n) is 8.91. The summed E-state index contributed by atoms with van der Waals surface area (Å²) in [5, 5.41) is 2.95. The molecule has 1 saturated heterocycles. The lowest BCUT2D eigenvalue weighted by Gasteiger charge is -2.32. The van der Waals surface area contributed by atoms with Gasteiger partial charge in [0.15, 0.2) is 0 Å². The van der Waals surface area contributed by atoms with Crippen molar-refractivity contribution in [1.82, 2.24) is 10.2 Å². The highest BCUT2D eigenvalue weighted by Crippen LogP contribution is 2.20. The number of aryl methyl sites for hydroxylation is 1. The summed E-state index contributed by atoms with van der Waals surface area (Å²) in [6, 6.07) is 14.0. The highest BCUT2D eigenvalue weighted by molar-refractivity contribution is 5.95. The van der Waals surface area contributed by atoms with Crippen LogP contribution < -0.4 is 5.32 Å². The Bertz CT molecular complexity index is 789. The smallest absolute Gasteiger partial charge is 0.256 e. The standard InChI is InChI=1S/C21H23FN2O2/c1-15-8-10-16(11-9-15)13-23-20(25)17-5-4-12-24(14-17)21(26)18-6-2-3-7-19(18)22/h2-3,6-11,17H,4-5,12-14H2,1H3,(H,23,25). The van der Waals surface area contributed by atoms with E-state index in [2.05, 4.69) is 5.32 Å². The SMILES string of the molecule is Cc1ccc(CNC(=O)C2CCCN(C(=O)c3ccccc3F)C2)cc1. The Morgan fingerprint density at radius 3 is 2.62 bits per heavy atom. The maximum Gasteiger partial charge on any atom is 0.256 e. The van der Waals surface area contributed by atoms with E-state index in [0.717, 1.165) is 18.4 Å². The van der Waals surface area contributed by atoms with E-state index in [0.29, 0.717) is 19.6 Å². The molecule has 1 aliphatic rings. The van der Waals surface area contributed by atoms with E-state index in [9.17, 15) is 14.0 Å². The fraction of sp³-hybridized carbons (Fsp3) is 0.333. The molecule has 3 rings (SSSR count). The number of piperidine rings is 1. The van der Waals surface area contributed by atoms with Gasteiger partial charge in [-0.25, -0.2) is 4.39 Å². The lowest BCUT2D eigenvalue weighted by molar-refractivity contribution is -0.126. The number of carbonyl (C=O) groups excluding carboxylic acids is 2. The van der Waals surface area contributed by atoms with Gasteiger partial charge in [0, 0.05) is 19.6 Å². The fourth-order valence-corrected chi connectivity index (χ4v) is 3.22. The van der Waals surface area contributed by atoms with Gasteiger partial charge in [-0.1, -0.05) is 42.0 Å². The molecule has 0 bridgehead atoms. The summed E-state index contributed by atoms with van der Waals surface area (Å²) in [6.45, 7) is 3.37. The number of likely N-dealkylation sites (tertiary alicyclic amines) is 1. The van der Waals surface area contributed by atoms with E-state index >= 15 is 0 Å². The normalized spacial score (nSPS) is 17.0. The second-order valence-corrected chi connectivity index (χ2v) is 6.77. The lowest BCUT2D eigenvalue weighted by Crippen LogP contribution is -2.45. The molecule has 26 heavy (non-hydrogen) atoms. The van der Waals surface area contributed by atoms with Crippen LogP contribution in [0, 0.1) is 18.7 Å². The molecule has 0 aromatic heterocycles. The van der Waals surface area contributed by atoms with Crippen LogP contribution in [-0.4, -0.2) is 29.8 Å². The van der Waals surface area contributed by atoms with E-state index in [4.69, 9.17) is 0 Å². The second kappa shape index (κ2) is 8.13. The van der Waals surface area contributed by atoms with Gasteiger partial charge in [0.05, 0.1) is 11.5 Å². The predicted octanol–water partition coefficient (Wildman–Crippen LogP) is 3.30. The Labute approximate surface area is 153 Å². The third-order valence-corrected chi connectivity index (χ3v) is 4.77. The van der Waals surface area contributed by atoms with E-state index in [1.165, 1.54) is 17.7 Å². The molecule has 0 radical (unpaired) electrons. The van der Waals surface area contributed by atoms with Crippen molar-refractivity contribution in [2.24, 2.45) is 5.92 Å². The second-order valence-electron chi connectivity index (χ2n) is 6.77. The maximum absolute atomic E-state index is 13.9. The van der Waals surface area contributed by atoms with Crippen LogP contribution in [0.2, 0.25) is 0 Å². The van der Waals surface area contributed by atoms with Gasteiger partial charge in [0.25, 0.3) is 5.91 Å². The zero-order valence-electron chi connectivity index (χ0n) is 14.9. The topological polar surface area (TPSA) is 49.4 Å². The number of nitrogens with one attached hydrogen (secondary N) is 1. The quantitative estimate of drug-likeness (QED) is 0.916. The molecule has 2 aromatic carbocycles. The third-order valence-electron chi connectivity index (χ3n) is 4.77. The van der Waals surface area contributed by atoms with Gasteiger partial charge >= 0.3 is 0 Å². The molecule has 2 amide bonds. The third kappa shape index (κ3) is 4.28. The molecule has 1 atom stereocenters. The van der Waals surface area contributed by atoms with E-state index < -0.39 is 5.82 Å². The van der Waals surface area contributed by atoms with Gasteiger partial charge in [-0.3, -0.25) is 9.59 Å². The lowest BCUT2D eigenvalue weighted by atomic mass is 9.96. The molecule has 5 heteroatoms. The molecule has 0 saturated carbocycles. The molecule has 136 valence electrons. The number of nitrogens with zero attached hydrogens (tertiary/aromatic N) is 1. The monoisotopic (exact) mass is 354 g/mol. The number of benzene rings is 2. The first-order chi connectivity index (χ1) is 12.5. The molecule has 4 nitrogen and oxygen atoms in total. The summed E-state index contributed by atoms with van der Waals surface area (Å²) < 4.78 is 13.9. The van der Waals surface area contributed by atoms with Crippen molar-refractivity contribution in [2.75, 3.05) is 13.1 Å². The molecule has 0 spiro atoms. The molecular formula is C21H23FN2O2. The van der Waals surface area contributed by atoms with Gasteiger partial charge in [0.2, 0.25) is 5.91 Å². The highest BCUT2D eigenvalue weighted by atomic mass is 19.1. The summed E-state index contributed by atoms with van der Waals surface area (Å²) in [4.78, 5) is 26.6. The Hall–Kier alpha value is -2.69. The van der Waals surface area contributed by atoms with Crippen molar-refractivity contribution in [3.8, 4) is 0 Å². The molecule has 1 heterocycles. The predicted molar refractivity (Wildman–Crippen MR) is 98.1 cm³/mol. The Morgan fingerprint density at radius 2 is 1.88 bits per heavy atom. The van der Waals surface area contributed by atoms with E-state index in [1.807, 2.05) is 31.2 Å². The minimum absolute atomic E-state index is 0.0587. The zero-order chi connectivity index (χ0) is 18.5. The average Bonchev–Trinajstić information content (AvgIpc) is 2.67. The first kappa shape index (κ1) is 18.1. The molecular weight excluding hydrogens is 331 g/mol. The van der Waals surface area contributed by atoms with Crippen molar-refractivity contribution >= 4 is 11.8 Å². The zero-order valence-corrected chi connectivity index (χ0v) is 14.9. The first-order valence-corrected chi connectivity index (χ1v) is 8.91. The number of rotatable bonds is 4. The van der Waals surface area contributed by atoms with Crippen molar-refractivity contribution in [2.45, 2.75) is 26.3 Å². The molecule has 2 aromatic rings. The average molecular weight is 354 g/mol. The van der Waals surface area contributed by atoms with Crippen LogP contribution in [0.3, 0.4) is 0 Å². The molecule has 1 N–H and O–H groups in total. The number of hydrogen-bond acceptors (Lipinski definition) is 2. The van der Waals surface area contributed by atoms with Gasteiger partial charge < -0.3 is 10.2 Å². The highest BCUT2D eigenvalue weighted by Gasteiger charge is 2.29. The van der Waals surface area contributed by atoms with Gasteiger partial charge in [-0.15, -0.1) is 0 Å². The van der Waals surface area contributed by atoms with Crippen LogP contribution in [0.5, 0.6) is 0 Å². The van der Waals surface area contributed by atoms with Crippen molar-refractivity contribution in [1.29, 1.82) is 0 Å². The Kier molecular flexibility index (Phi) is 5.66. The number of amides is 2. The van der Waals surface area contributed by atoms with Crippen LogP contribution >= 0.6 is 0 Å². The van der Waals surface area contributed by atoms with Gasteiger partial charge in [0.1, 0.15) is 5.82 Å². The largest absolute Gasteiger partial charge is 0.352 e. The van der Waals surface area contributed by atoms with Crippen molar-refractivity contribution < 1.29 is 14.0 Å². The Morgan fingerprint density at radius 1 is 1.15 bits per heavy atom. The summed E-state index contributed by atoms with van der Waals surface area (Å²) in [5.41, 5.74) is 2.28. The minimum atomic E-state index is -0.525. The van der Waals surface area contributed by atoms with Crippen LogP contribution in [0.1, 0.15) is 34.3 Å². The summed E-state index contributed by atoms with van der Waals surface area (Å²) in [6.07, 6.45) is 1.48. The van der Waals surface area contributed by atoms with Gasteiger partial charge in [-0.05, 0) is 37.5 Å². The number of halogens is 1. The molecule has 1 fully saturated rings. The summed E-state index contributed by atoms with van der Waals surface area (Å²) in [7, 11) is 0. The van der Waals surface area contributed by atoms with Gasteiger partial charge in [-0.2, -0.15) is 0 Å². The molecule has 1 aliphatic heterocycles. The summed E-state index contributed by atoms with van der Waals surface area (Å²) >= 11 is 0. The van der Waals surface area contributed by atoms with Crippen LogP contribution in [0.15, 0.2) is 48.5 Å². The maximum atomic E-state index is 13.9. The number of hydrogen-bond donors (Lipinski definition) is 1. The fourth-order valence-electron chi connectivity index (χ4n) is 3.22. The summed E-state index contributed by atoms with van der Waals surface area (Å²) in [5.74, 6) is -1.19. The van der Waals surface area contributed by atoms with Crippen LogP contribution in [-0.2, 0) is 11.3 Å². The van der Waals surface area contributed by atoms with Crippen LogP contribution in [0.25, 0.3) is 0 Å². The van der Waals surface area contributed by atoms with E-state index in [-0.39, 0.29) is 23.3 Å². The van der Waals surface area contributed by atoms with Crippen LogP contribution in [0.4, 0.5) is 4.39 Å². The van der Waals surface area contributed by atoms with Crippen molar-refractivity contribution in [3.63, 3.8) is 0 Å². The Balaban J connectivity index is 1.59. The minimum Gasteiger partial charge on any atom is -0.352 e.